The average Bonchev–Trinajstić information content (AvgIpc) is 3.39. The molecule has 7 heteroatoms. The summed E-state index contributed by atoms with van der Waals surface area (Å²) in [6.45, 7) is 1.58. The smallest absolute Gasteiger partial charge is 0.292 e. The quantitative estimate of drug-likeness (QED) is 0.526. The number of carbonyl (C=O) groups is 3. The third-order valence-electron chi connectivity index (χ3n) is 5.05. The molecule has 1 aliphatic rings. The molecular weight excluding hydrogens is 356 g/mol. The summed E-state index contributed by atoms with van der Waals surface area (Å²) in [6, 6.07) is 12.6. The Balaban J connectivity index is 1.33. The zero-order valence-electron chi connectivity index (χ0n) is 15.2. The predicted molar refractivity (Wildman–Crippen MR) is 104 cm³/mol. The van der Waals surface area contributed by atoms with Gasteiger partial charge in [0, 0.05) is 43.0 Å². The van der Waals surface area contributed by atoms with E-state index in [1.807, 2.05) is 18.2 Å². The van der Waals surface area contributed by atoms with E-state index in [9.17, 15) is 14.4 Å². The van der Waals surface area contributed by atoms with Crippen LogP contribution in [-0.2, 0) is 4.79 Å². The summed E-state index contributed by atoms with van der Waals surface area (Å²) >= 11 is 0. The second kappa shape index (κ2) is 7.64. The average molecular weight is 376 g/mol. The van der Waals surface area contributed by atoms with Crippen molar-refractivity contribution in [2.45, 2.75) is 6.42 Å². The minimum Gasteiger partial charge on any atom is -0.349 e. The van der Waals surface area contributed by atoms with Gasteiger partial charge < -0.3 is 15.2 Å². The topological polar surface area (TPSA) is 95.2 Å². The van der Waals surface area contributed by atoms with Gasteiger partial charge in [-0.3, -0.25) is 14.4 Å². The number of nitrogens with one attached hydrogen (secondary N) is 2. The third kappa shape index (κ3) is 3.51. The van der Waals surface area contributed by atoms with Crippen molar-refractivity contribution in [3.8, 4) is 0 Å². The second-order valence-electron chi connectivity index (χ2n) is 6.91. The number of hydrogen-bond acceptors (Lipinski definition) is 4. The molecule has 1 fully saturated rings. The lowest BCUT2D eigenvalue weighted by Gasteiger charge is -2.16. The van der Waals surface area contributed by atoms with Crippen molar-refractivity contribution >= 4 is 28.6 Å². The number of rotatable bonds is 5. The standard InChI is InChI=1S/C21H20N4O3/c26-18(17-12-23-19-16(17)7-4-9-22-19)20(27)24-11-14-8-10-25(13-14)21(28)15-5-2-1-3-6-15/h1-7,9,12,14H,8,10-11,13H2,(H,22,23)(H,24,27). The van der Waals surface area contributed by atoms with Gasteiger partial charge in [-0.05, 0) is 36.6 Å². The number of carbonyl (C=O) groups excluding carboxylic acids is 3. The molecular formula is C21H20N4O3. The Morgan fingerprint density at radius 2 is 1.96 bits per heavy atom. The van der Waals surface area contributed by atoms with E-state index in [4.69, 9.17) is 0 Å². The molecule has 28 heavy (non-hydrogen) atoms. The molecule has 0 aliphatic carbocycles. The first-order chi connectivity index (χ1) is 13.6. The van der Waals surface area contributed by atoms with E-state index in [1.165, 1.54) is 6.20 Å². The zero-order chi connectivity index (χ0) is 19.5. The van der Waals surface area contributed by atoms with E-state index in [1.54, 1.807) is 35.4 Å². The number of Topliss-reactive ketones (excluding diaryl/α,β-unsaturated/α-hetero) is 1. The van der Waals surface area contributed by atoms with Crippen LogP contribution in [0.2, 0.25) is 0 Å². The summed E-state index contributed by atoms with van der Waals surface area (Å²) in [5, 5.41) is 3.34. The zero-order valence-corrected chi connectivity index (χ0v) is 15.2. The predicted octanol–water partition coefficient (Wildman–Crippen LogP) is 2.02. The molecule has 0 bridgehead atoms. The van der Waals surface area contributed by atoms with Crippen molar-refractivity contribution < 1.29 is 14.4 Å². The van der Waals surface area contributed by atoms with E-state index in [-0.39, 0.29) is 11.8 Å². The van der Waals surface area contributed by atoms with Crippen LogP contribution in [0.1, 0.15) is 27.1 Å². The second-order valence-corrected chi connectivity index (χ2v) is 6.91. The van der Waals surface area contributed by atoms with Crippen LogP contribution in [0, 0.1) is 5.92 Å². The summed E-state index contributed by atoms with van der Waals surface area (Å²) in [7, 11) is 0. The first-order valence-electron chi connectivity index (χ1n) is 9.22. The number of pyridine rings is 1. The number of hydrogen-bond donors (Lipinski definition) is 2. The number of likely N-dealkylation sites (tertiary alicyclic amines) is 1. The summed E-state index contributed by atoms with van der Waals surface area (Å²) in [5.41, 5.74) is 1.55. The van der Waals surface area contributed by atoms with Crippen molar-refractivity contribution in [3.63, 3.8) is 0 Å². The molecule has 1 saturated heterocycles. The maximum absolute atomic E-state index is 12.5. The van der Waals surface area contributed by atoms with Gasteiger partial charge in [0.25, 0.3) is 17.6 Å². The molecule has 3 heterocycles. The van der Waals surface area contributed by atoms with Crippen LogP contribution in [0.4, 0.5) is 0 Å². The Morgan fingerprint density at radius 3 is 2.79 bits per heavy atom. The first kappa shape index (κ1) is 17.9. The molecule has 142 valence electrons. The molecule has 0 saturated carbocycles. The van der Waals surface area contributed by atoms with Gasteiger partial charge in [0.15, 0.2) is 0 Å². The highest BCUT2D eigenvalue weighted by atomic mass is 16.2. The number of benzene rings is 1. The lowest BCUT2D eigenvalue weighted by Crippen LogP contribution is -2.36. The number of H-pyrrole nitrogens is 1. The Kier molecular flexibility index (Phi) is 4.89. The van der Waals surface area contributed by atoms with E-state index in [0.717, 1.165) is 6.42 Å². The molecule has 1 aliphatic heterocycles. The molecule has 2 aromatic heterocycles. The fourth-order valence-corrected chi connectivity index (χ4v) is 3.53. The summed E-state index contributed by atoms with van der Waals surface area (Å²) < 4.78 is 0. The molecule has 2 amide bonds. The van der Waals surface area contributed by atoms with Crippen LogP contribution in [0.3, 0.4) is 0 Å². The largest absolute Gasteiger partial charge is 0.349 e. The Hall–Kier alpha value is -3.48. The fraction of sp³-hybridized carbons (Fsp3) is 0.238. The molecule has 2 N–H and O–H groups in total. The van der Waals surface area contributed by atoms with Crippen molar-refractivity contribution in [2.24, 2.45) is 5.92 Å². The highest BCUT2D eigenvalue weighted by Gasteiger charge is 2.28. The van der Waals surface area contributed by atoms with Gasteiger partial charge >= 0.3 is 0 Å². The van der Waals surface area contributed by atoms with Crippen LogP contribution < -0.4 is 5.32 Å². The van der Waals surface area contributed by atoms with Gasteiger partial charge in [0.2, 0.25) is 0 Å². The highest BCUT2D eigenvalue weighted by Crippen LogP contribution is 2.19. The van der Waals surface area contributed by atoms with Crippen LogP contribution in [0.5, 0.6) is 0 Å². The molecule has 4 rings (SSSR count). The van der Waals surface area contributed by atoms with Gasteiger partial charge in [0.1, 0.15) is 5.65 Å². The number of ketones is 1. The van der Waals surface area contributed by atoms with E-state index in [0.29, 0.717) is 41.8 Å². The van der Waals surface area contributed by atoms with Crippen LogP contribution in [0.15, 0.2) is 54.9 Å². The maximum atomic E-state index is 12.5. The summed E-state index contributed by atoms with van der Waals surface area (Å²) in [5.74, 6) is -1.10. The molecule has 1 aromatic carbocycles. The first-order valence-corrected chi connectivity index (χ1v) is 9.22. The molecule has 1 atom stereocenters. The summed E-state index contributed by atoms with van der Waals surface area (Å²) in [6.07, 6.45) is 3.93. The van der Waals surface area contributed by atoms with E-state index >= 15 is 0 Å². The number of amides is 2. The normalized spacial score (nSPS) is 16.3. The minimum absolute atomic E-state index is 0.00297. The van der Waals surface area contributed by atoms with Gasteiger partial charge in [-0.1, -0.05) is 18.2 Å². The third-order valence-corrected chi connectivity index (χ3v) is 5.05. The molecule has 0 spiro atoms. The van der Waals surface area contributed by atoms with Gasteiger partial charge in [-0.25, -0.2) is 4.98 Å². The number of aromatic amines is 1. The lowest BCUT2D eigenvalue weighted by molar-refractivity contribution is -0.117. The fourth-order valence-electron chi connectivity index (χ4n) is 3.53. The minimum atomic E-state index is -0.641. The van der Waals surface area contributed by atoms with Crippen molar-refractivity contribution in [2.75, 3.05) is 19.6 Å². The number of aromatic nitrogens is 2. The van der Waals surface area contributed by atoms with Crippen LogP contribution in [0.25, 0.3) is 11.0 Å². The molecule has 0 radical (unpaired) electrons. The molecule has 7 nitrogen and oxygen atoms in total. The Labute approximate surface area is 161 Å². The number of fused-ring (bicyclic) bond motifs is 1. The van der Waals surface area contributed by atoms with Crippen molar-refractivity contribution in [3.05, 3.63) is 66.0 Å². The SMILES string of the molecule is O=C(NCC1CCN(C(=O)c2ccccc2)C1)C(=O)c1c[nH]c2ncccc12. The van der Waals surface area contributed by atoms with Crippen molar-refractivity contribution in [1.82, 2.24) is 20.2 Å². The van der Waals surface area contributed by atoms with E-state index < -0.39 is 11.7 Å². The molecule has 1 unspecified atom stereocenters. The van der Waals surface area contributed by atoms with Gasteiger partial charge in [-0.2, -0.15) is 0 Å². The van der Waals surface area contributed by atoms with Crippen LogP contribution >= 0.6 is 0 Å². The van der Waals surface area contributed by atoms with E-state index in [2.05, 4.69) is 15.3 Å². The Bertz CT molecular complexity index is 1030. The monoisotopic (exact) mass is 376 g/mol. The molecule has 3 aromatic rings. The van der Waals surface area contributed by atoms with Crippen LogP contribution in [-0.4, -0.2) is 52.1 Å². The summed E-state index contributed by atoms with van der Waals surface area (Å²) in [4.78, 5) is 46.1. The maximum Gasteiger partial charge on any atom is 0.292 e. The number of nitrogens with zero attached hydrogens (tertiary/aromatic N) is 2. The van der Waals surface area contributed by atoms with Gasteiger partial charge in [0.05, 0.1) is 5.56 Å². The Morgan fingerprint density at radius 1 is 1.14 bits per heavy atom. The highest BCUT2D eigenvalue weighted by molar-refractivity contribution is 6.44. The van der Waals surface area contributed by atoms with Gasteiger partial charge in [-0.15, -0.1) is 0 Å². The lowest BCUT2D eigenvalue weighted by atomic mass is 10.1. The van der Waals surface area contributed by atoms with Crippen molar-refractivity contribution in [1.29, 1.82) is 0 Å².